The Hall–Kier alpha value is -1.55. The van der Waals surface area contributed by atoms with Crippen LogP contribution in [0, 0.1) is 18.3 Å². The molecule has 2 amide bonds. The summed E-state index contributed by atoms with van der Waals surface area (Å²) in [7, 11) is 0. The lowest BCUT2D eigenvalue weighted by atomic mass is 9.96. The molecule has 1 saturated heterocycles. The molecule has 2 fully saturated rings. The highest BCUT2D eigenvalue weighted by molar-refractivity contribution is 6.31. The Kier molecular flexibility index (Phi) is 4.37. The first kappa shape index (κ1) is 16.3. The summed E-state index contributed by atoms with van der Waals surface area (Å²) in [6, 6.07) is 5.42. The summed E-state index contributed by atoms with van der Waals surface area (Å²) in [5, 5.41) is 3.49. The number of likely N-dealkylation sites (tertiary alicyclic amines) is 1. The van der Waals surface area contributed by atoms with Crippen LogP contribution in [-0.2, 0) is 9.59 Å². The van der Waals surface area contributed by atoms with E-state index in [1.54, 1.807) is 6.07 Å². The van der Waals surface area contributed by atoms with Crippen LogP contribution in [0.4, 0.5) is 5.69 Å². The molecule has 0 aromatic heterocycles. The van der Waals surface area contributed by atoms with Crippen LogP contribution in [0.15, 0.2) is 18.2 Å². The lowest BCUT2D eigenvalue weighted by Crippen LogP contribution is -2.46. The van der Waals surface area contributed by atoms with Crippen molar-refractivity contribution >= 4 is 29.1 Å². The van der Waals surface area contributed by atoms with Gasteiger partial charge in [-0.1, -0.05) is 24.6 Å². The number of anilines is 1. The van der Waals surface area contributed by atoms with E-state index < -0.39 is 5.41 Å². The molecule has 1 aliphatic carbocycles. The van der Waals surface area contributed by atoms with Crippen molar-refractivity contribution < 1.29 is 9.59 Å². The molecule has 1 unspecified atom stereocenters. The van der Waals surface area contributed by atoms with Crippen molar-refractivity contribution in [2.45, 2.75) is 39.5 Å². The SMILES string of the molecule is Cc1ccc(NC(=O)C2(C(=O)N3CCCC(C)C3)CC2)cc1Cl. The number of hydrogen-bond donors (Lipinski definition) is 1. The van der Waals surface area contributed by atoms with Gasteiger partial charge >= 0.3 is 0 Å². The van der Waals surface area contributed by atoms with Gasteiger partial charge in [-0.2, -0.15) is 0 Å². The van der Waals surface area contributed by atoms with E-state index >= 15 is 0 Å². The van der Waals surface area contributed by atoms with Crippen molar-refractivity contribution in [3.8, 4) is 0 Å². The molecule has 5 heteroatoms. The molecule has 0 bridgehead atoms. The van der Waals surface area contributed by atoms with Crippen molar-refractivity contribution in [3.63, 3.8) is 0 Å². The quantitative estimate of drug-likeness (QED) is 0.858. The number of amides is 2. The van der Waals surface area contributed by atoms with E-state index in [0.717, 1.165) is 31.5 Å². The molecule has 1 atom stereocenters. The first-order valence-corrected chi connectivity index (χ1v) is 8.67. The monoisotopic (exact) mass is 334 g/mol. The van der Waals surface area contributed by atoms with Crippen LogP contribution < -0.4 is 5.32 Å². The van der Waals surface area contributed by atoms with E-state index in [1.165, 1.54) is 0 Å². The zero-order chi connectivity index (χ0) is 16.6. The van der Waals surface area contributed by atoms with Crippen LogP contribution in [0.5, 0.6) is 0 Å². The number of hydrogen-bond acceptors (Lipinski definition) is 2. The van der Waals surface area contributed by atoms with Gasteiger partial charge in [-0.15, -0.1) is 0 Å². The van der Waals surface area contributed by atoms with Gasteiger partial charge in [-0.3, -0.25) is 9.59 Å². The van der Waals surface area contributed by atoms with E-state index in [-0.39, 0.29) is 11.8 Å². The second kappa shape index (κ2) is 6.16. The van der Waals surface area contributed by atoms with Gasteiger partial charge in [0.2, 0.25) is 11.8 Å². The predicted molar refractivity (Wildman–Crippen MR) is 91.5 cm³/mol. The molecular formula is C18H23ClN2O2. The second-order valence-electron chi connectivity index (χ2n) is 7.00. The van der Waals surface area contributed by atoms with Crippen LogP contribution in [0.2, 0.25) is 5.02 Å². The molecule has 23 heavy (non-hydrogen) atoms. The minimum atomic E-state index is -0.853. The molecule has 124 valence electrons. The average molecular weight is 335 g/mol. The Bertz CT molecular complexity index is 640. The number of benzene rings is 1. The summed E-state index contributed by atoms with van der Waals surface area (Å²) in [4.78, 5) is 27.4. The number of halogens is 1. The van der Waals surface area contributed by atoms with E-state index in [1.807, 2.05) is 24.0 Å². The molecule has 1 aromatic carbocycles. The number of piperidine rings is 1. The van der Waals surface area contributed by atoms with Gasteiger partial charge < -0.3 is 10.2 Å². The van der Waals surface area contributed by atoms with E-state index in [9.17, 15) is 9.59 Å². The topological polar surface area (TPSA) is 49.4 Å². The highest BCUT2D eigenvalue weighted by Crippen LogP contribution is 2.48. The Morgan fingerprint density at radius 2 is 2.09 bits per heavy atom. The Morgan fingerprint density at radius 1 is 1.35 bits per heavy atom. The summed E-state index contributed by atoms with van der Waals surface area (Å²) >= 11 is 6.10. The van der Waals surface area contributed by atoms with Crippen molar-refractivity contribution in [1.82, 2.24) is 4.90 Å². The fourth-order valence-electron chi connectivity index (χ4n) is 3.26. The molecule has 1 saturated carbocycles. The first-order chi connectivity index (χ1) is 10.9. The second-order valence-corrected chi connectivity index (χ2v) is 7.41. The summed E-state index contributed by atoms with van der Waals surface area (Å²) in [6.45, 7) is 5.61. The number of nitrogens with zero attached hydrogens (tertiary/aromatic N) is 1. The minimum Gasteiger partial charge on any atom is -0.342 e. The standard InChI is InChI=1S/C18H23ClN2O2/c1-12-4-3-9-21(11-12)17(23)18(7-8-18)16(22)20-14-6-5-13(2)15(19)10-14/h5-6,10,12H,3-4,7-9,11H2,1-2H3,(H,20,22). The molecule has 0 radical (unpaired) electrons. The molecule has 4 nitrogen and oxygen atoms in total. The predicted octanol–water partition coefficient (Wildman–Crippen LogP) is 3.63. The molecule has 1 heterocycles. The zero-order valence-corrected chi connectivity index (χ0v) is 14.4. The number of nitrogens with one attached hydrogen (secondary N) is 1. The molecule has 1 N–H and O–H groups in total. The maximum atomic E-state index is 12.8. The summed E-state index contributed by atoms with van der Waals surface area (Å²) in [5.41, 5.74) is 0.759. The molecule has 1 aromatic rings. The third-order valence-electron chi connectivity index (χ3n) is 4.97. The third-order valence-corrected chi connectivity index (χ3v) is 5.38. The molecular weight excluding hydrogens is 312 g/mol. The smallest absolute Gasteiger partial charge is 0.240 e. The first-order valence-electron chi connectivity index (χ1n) is 8.29. The van der Waals surface area contributed by atoms with E-state index in [2.05, 4.69) is 12.2 Å². The highest BCUT2D eigenvalue weighted by atomic mass is 35.5. The zero-order valence-electron chi connectivity index (χ0n) is 13.7. The average Bonchev–Trinajstić information content (AvgIpc) is 3.32. The number of carbonyl (C=O) groups excluding carboxylic acids is 2. The highest BCUT2D eigenvalue weighted by Gasteiger charge is 2.58. The number of carbonyl (C=O) groups is 2. The fraction of sp³-hybridized carbons (Fsp3) is 0.556. The molecule has 3 rings (SSSR count). The van der Waals surface area contributed by atoms with Crippen LogP contribution in [0.1, 0.15) is 38.2 Å². The van der Waals surface area contributed by atoms with Gasteiger partial charge in [0, 0.05) is 23.8 Å². The van der Waals surface area contributed by atoms with Gasteiger partial charge in [-0.05, 0) is 56.2 Å². The Balaban J connectivity index is 1.70. The van der Waals surface area contributed by atoms with Crippen LogP contribution in [0.25, 0.3) is 0 Å². The van der Waals surface area contributed by atoms with Crippen molar-refractivity contribution in [3.05, 3.63) is 28.8 Å². The maximum Gasteiger partial charge on any atom is 0.240 e. The van der Waals surface area contributed by atoms with Crippen molar-refractivity contribution in [2.75, 3.05) is 18.4 Å². The van der Waals surface area contributed by atoms with Crippen LogP contribution >= 0.6 is 11.6 Å². The summed E-state index contributed by atoms with van der Waals surface area (Å²) in [6.07, 6.45) is 3.47. The summed E-state index contributed by atoms with van der Waals surface area (Å²) in [5.74, 6) is 0.322. The Labute approximate surface area is 142 Å². The lowest BCUT2D eigenvalue weighted by Gasteiger charge is -2.33. The van der Waals surface area contributed by atoms with Crippen molar-refractivity contribution in [1.29, 1.82) is 0 Å². The van der Waals surface area contributed by atoms with E-state index in [0.29, 0.717) is 29.5 Å². The molecule has 2 aliphatic rings. The largest absolute Gasteiger partial charge is 0.342 e. The molecule has 1 aliphatic heterocycles. The number of rotatable bonds is 3. The molecule has 0 spiro atoms. The fourth-order valence-corrected chi connectivity index (χ4v) is 3.44. The van der Waals surface area contributed by atoms with Crippen LogP contribution in [-0.4, -0.2) is 29.8 Å². The van der Waals surface area contributed by atoms with Crippen LogP contribution in [0.3, 0.4) is 0 Å². The van der Waals surface area contributed by atoms with Crippen molar-refractivity contribution in [2.24, 2.45) is 11.3 Å². The van der Waals surface area contributed by atoms with E-state index in [4.69, 9.17) is 11.6 Å². The van der Waals surface area contributed by atoms with Gasteiger partial charge in [0.05, 0.1) is 0 Å². The Morgan fingerprint density at radius 3 is 2.70 bits per heavy atom. The normalized spacial score (nSPS) is 22.6. The number of aryl methyl sites for hydroxylation is 1. The van der Waals surface area contributed by atoms with Gasteiger partial charge in [0.1, 0.15) is 5.41 Å². The third kappa shape index (κ3) is 3.23. The summed E-state index contributed by atoms with van der Waals surface area (Å²) < 4.78 is 0. The maximum absolute atomic E-state index is 12.8. The lowest BCUT2D eigenvalue weighted by molar-refractivity contribution is -0.143. The van der Waals surface area contributed by atoms with Gasteiger partial charge in [0.15, 0.2) is 0 Å². The van der Waals surface area contributed by atoms with Gasteiger partial charge in [-0.25, -0.2) is 0 Å². The van der Waals surface area contributed by atoms with Gasteiger partial charge in [0.25, 0.3) is 0 Å². The minimum absolute atomic E-state index is 0.000224.